The SMILES string of the molecule is Cc1c([N+](=O)[O-])cc(C(=O)Nc2ccc(-c3nc4cc(Cl)ccc4o3)cc2)cc1[N+](=O)[O-]. The Bertz CT molecular complexity index is 1360. The number of halogens is 1. The van der Waals surface area contributed by atoms with E-state index in [9.17, 15) is 25.0 Å². The fourth-order valence-corrected chi connectivity index (χ4v) is 3.28. The number of fused-ring (bicyclic) bond motifs is 1. The molecule has 0 aliphatic carbocycles. The number of nitrogens with zero attached hydrogens (tertiary/aromatic N) is 3. The lowest BCUT2D eigenvalue weighted by Crippen LogP contribution is -2.13. The predicted molar refractivity (Wildman–Crippen MR) is 117 cm³/mol. The average molecular weight is 453 g/mol. The van der Waals surface area contributed by atoms with Gasteiger partial charge in [-0.05, 0) is 49.4 Å². The van der Waals surface area contributed by atoms with E-state index >= 15 is 0 Å². The van der Waals surface area contributed by atoms with Crippen molar-refractivity contribution < 1.29 is 19.1 Å². The number of anilines is 1. The Labute approximate surface area is 184 Å². The summed E-state index contributed by atoms with van der Waals surface area (Å²) in [5, 5.41) is 25.5. The van der Waals surface area contributed by atoms with Gasteiger partial charge in [-0.15, -0.1) is 0 Å². The molecule has 0 saturated carbocycles. The maximum atomic E-state index is 12.6. The van der Waals surface area contributed by atoms with Crippen LogP contribution in [0.25, 0.3) is 22.6 Å². The minimum atomic E-state index is -0.762. The van der Waals surface area contributed by atoms with Crippen molar-refractivity contribution in [1.82, 2.24) is 4.98 Å². The highest BCUT2D eigenvalue weighted by molar-refractivity contribution is 6.31. The zero-order valence-corrected chi connectivity index (χ0v) is 17.1. The molecule has 3 aromatic carbocycles. The maximum absolute atomic E-state index is 12.6. The lowest BCUT2D eigenvalue weighted by atomic mass is 10.1. The minimum absolute atomic E-state index is 0.125. The molecule has 0 aliphatic heterocycles. The number of rotatable bonds is 5. The number of carbonyl (C=O) groups excluding carboxylic acids is 1. The van der Waals surface area contributed by atoms with Crippen LogP contribution in [-0.2, 0) is 0 Å². The van der Waals surface area contributed by atoms with Crippen LogP contribution in [0, 0.1) is 27.2 Å². The highest BCUT2D eigenvalue weighted by atomic mass is 35.5. The number of amides is 1. The molecule has 160 valence electrons. The van der Waals surface area contributed by atoms with Gasteiger partial charge in [0, 0.05) is 28.4 Å². The van der Waals surface area contributed by atoms with Crippen molar-refractivity contribution in [1.29, 1.82) is 0 Å². The van der Waals surface area contributed by atoms with Crippen LogP contribution in [0.15, 0.2) is 59.0 Å². The van der Waals surface area contributed by atoms with E-state index in [-0.39, 0.29) is 11.1 Å². The van der Waals surface area contributed by atoms with E-state index in [4.69, 9.17) is 16.0 Å². The van der Waals surface area contributed by atoms with Gasteiger partial charge >= 0.3 is 0 Å². The summed E-state index contributed by atoms with van der Waals surface area (Å²) in [4.78, 5) is 37.9. The second kappa shape index (κ2) is 8.08. The van der Waals surface area contributed by atoms with E-state index in [1.807, 2.05) is 0 Å². The molecule has 32 heavy (non-hydrogen) atoms. The Morgan fingerprint density at radius 1 is 1.00 bits per heavy atom. The number of oxazole rings is 1. The number of nitro groups is 2. The summed E-state index contributed by atoms with van der Waals surface area (Å²) in [7, 11) is 0. The van der Waals surface area contributed by atoms with Gasteiger partial charge in [0.25, 0.3) is 17.3 Å². The van der Waals surface area contributed by atoms with E-state index < -0.39 is 27.1 Å². The van der Waals surface area contributed by atoms with Gasteiger partial charge in [-0.25, -0.2) is 4.98 Å². The monoisotopic (exact) mass is 452 g/mol. The molecule has 0 aliphatic rings. The zero-order valence-electron chi connectivity index (χ0n) is 16.4. The third-order valence-electron chi connectivity index (χ3n) is 4.75. The third-order valence-corrected chi connectivity index (χ3v) is 4.98. The molecule has 0 saturated heterocycles. The Balaban J connectivity index is 1.59. The summed E-state index contributed by atoms with van der Waals surface area (Å²) >= 11 is 5.96. The minimum Gasteiger partial charge on any atom is -0.436 e. The quantitative estimate of drug-likeness (QED) is 0.310. The van der Waals surface area contributed by atoms with Crippen molar-refractivity contribution in [2.24, 2.45) is 0 Å². The molecule has 1 N–H and O–H groups in total. The average Bonchev–Trinajstić information content (AvgIpc) is 3.17. The lowest BCUT2D eigenvalue weighted by molar-refractivity contribution is -0.395. The molecule has 4 aromatic rings. The molecule has 10 nitrogen and oxygen atoms in total. The summed E-state index contributed by atoms with van der Waals surface area (Å²) in [5.74, 6) is -0.356. The van der Waals surface area contributed by atoms with Crippen LogP contribution >= 0.6 is 11.6 Å². The largest absolute Gasteiger partial charge is 0.436 e. The molecule has 1 aromatic heterocycles. The number of nitro benzene ring substituents is 2. The predicted octanol–water partition coefficient (Wildman–Crippen LogP) is 5.53. The molecule has 0 unspecified atom stereocenters. The number of benzene rings is 3. The normalized spacial score (nSPS) is 10.8. The van der Waals surface area contributed by atoms with Gasteiger partial charge in [0.2, 0.25) is 5.89 Å². The second-order valence-corrected chi connectivity index (χ2v) is 7.25. The van der Waals surface area contributed by atoms with Gasteiger partial charge in [0.15, 0.2) is 5.58 Å². The number of nitrogens with one attached hydrogen (secondary N) is 1. The van der Waals surface area contributed by atoms with Gasteiger partial charge in [-0.3, -0.25) is 25.0 Å². The van der Waals surface area contributed by atoms with Crippen LogP contribution in [0.2, 0.25) is 5.02 Å². The van der Waals surface area contributed by atoms with Gasteiger partial charge in [0.1, 0.15) is 11.1 Å². The number of carbonyl (C=O) groups is 1. The topological polar surface area (TPSA) is 141 Å². The van der Waals surface area contributed by atoms with E-state index in [0.717, 1.165) is 12.1 Å². The molecule has 1 heterocycles. The summed E-state index contributed by atoms with van der Waals surface area (Å²) in [6, 6.07) is 13.6. The smallest absolute Gasteiger partial charge is 0.279 e. The van der Waals surface area contributed by atoms with Gasteiger partial charge in [-0.1, -0.05) is 11.6 Å². The zero-order chi connectivity index (χ0) is 23.0. The van der Waals surface area contributed by atoms with Crippen molar-refractivity contribution in [2.75, 3.05) is 5.32 Å². The molecular weight excluding hydrogens is 440 g/mol. The number of hydrogen-bond donors (Lipinski definition) is 1. The highest BCUT2D eigenvalue weighted by Crippen LogP contribution is 2.30. The first kappa shape index (κ1) is 20.9. The van der Waals surface area contributed by atoms with E-state index in [2.05, 4.69) is 10.3 Å². The van der Waals surface area contributed by atoms with Crippen LogP contribution < -0.4 is 5.32 Å². The lowest BCUT2D eigenvalue weighted by Gasteiger charge is -2.07. The molecular formula is C21H13ClN4O6. The van der Waals surface area contributed by atoms with Crippen LogP contribution in [0.1, 0.15) is 15.9 Å². The first-order chi connectivity index (χ1) is 15.2. The molecule has 0 atom stereocenters. The first-order valence-electron chi connectivity index (χ1n) is 9.14. The van der Waals surface area contributed by atoms with Crippen molar-refractivity contribution in [2.45, 2.75) is 6.92 Å². The van der Waals surface area contributed by atoms with Crippen LogP contribution in [-0.4, -0.2) is 20.7 Å². The highest BCUT2D eigenvalue weighted by Gasteiger charge is 2.25. The van der Waals surface area contributed by atoms with Crippen molar-refractivity contribution >= 4 is 45.7 Å². The molecule has 4 rings (SSSR count). The molecule has 11 heteroatoms. The molecule has 0 spiro atoms. The van der Waals surface area contributed by atoms with E-state index in [0.29, 0.717) is 33.3 Å². The molecule has 1 amide bonds. The fourth-order valence-electron chi connectivity index (χ4n) is 3.12. The van der Waals surface area contributed by atoms with Gasteiger partial charge < -0.3 is 9.73 Å². The Morgan fingerprint density at radius 2 is 1.62 bits per heavy atom. The van der Waals surface area contributed by atoms with E-state index in [1.54, 1.807) is 42.5 Å². The number of hydrogen-bond acceptors (Lipinski definition) is 7. The first-order valence-corrected chi connectivity index (χ1v) is 9.52. The summed E-state index contributed by atoms with van der Waals surface area (Å²) in [6.07, 6.45) is 0. The second-order valence-electron chi connectivity index (χ2n) is 6.82. The van der Waals surface area contributed by atoms with Gasteiger partial charge in [0.05, 0.1) is 15.4 Å². The van der Waals surface area contributed by atoms with Gasteiger partial charge in [-0.2, -0.15) is 0 Å². The Kier molecular flexibility index (Phi) is 5.29. The fraction of sp³-hybridized carbons (Fsp3) is 0.0476. The van der Waals surface area contributed by atoms with Crippen molar-refractivity contribution in [3.05, 3.63) is 91.0 Å². The Morgan fingerprint density at radius 3 is 2.22 bits per heavy atom. The van der Waals surface area contributed by atoms with E-state index in [1.165, 1.54) is 6.92 Å². The van der Waals surface area contributed by atoms with Crippen LogP contribution in [0.4, 0.5) is 17.1 Å². The van der Waals surface area contributed by atoms with Crippen LogP contribution in [0.5, 0.6) is 0 Å². The number of aromatic nitrogens is 1. The molecule has 0 bridgehead atoms. The standard InChI is InChI=1S/C21H13ClN4O6/c1-11-17(25(28)29)8-13(9-18(11)26(30)31)20(27)23-15-5-2-12(3-6-15)21-24-16-10-14(22)4-7-19(16)32-21/h2-10H,1H3,(H,23,27). The maximum Gasteiger partial charge on any atom is 0.279 e. The van der Waals surface area contributed by atoms with Crippen LogP contribution in [0.3, 0.4) is 0 Å². The van der Waals surface area contributed by atoms with Crippen molar-refractivity contribution in [3.63, 3.8) is 0 Å². The third kappa shape index (κ3) is 3.98. The molecule has 0 radical (unpaired) electrons. The van der Waals surface area contributed by atoms with Crippen molar-refractivity contribution in [3.8, 4) is 11.5 Å². The summed E-state index contributed by atoms with van der Waals surface area (Å²) < 4.78 is 5.70. The molecule has 0 fully saturated rings. The Hall–Kier alpha value is -4.31. The summed E-state index contributed by atoms with van der Waals surface area (Å²) in [6.45, 7) is 1.26. The summed E-state index contributed by atoms with van der Waals surface area (Å²) in [5.41, 5.74) is 0.874.